The van der Waals surface area contributed by atoms with Gasteiger partial charge in [-0.3, -0.25) is 10.5 Å². The summed E-state index contributed by atoms with van der Waals surface area (Å²) in [6.07, 6.45) is 0.414. The molecule has 2 aromatic rings. The fourth-order valence-electron chi connectivity index (χ4n) is 2.49. The van der Waals surface area contributed by atoms with Gasteiger partial charge in [0, 0.05) is 30.5 Å². The highest BCUT2D eigenvalue weighted by molar-refractivity contribution is 5.75. The maximum absolute atomic E-state index is 11.9. The maximum atomic E-state index is 11.9. The Bertz CT molecular complexity index is 709. The molecule has 140 valence electrons. The molecule has 0 aromatic heterocycles. The zero-order valence-corrected chi connectivity index (χ0v) is 14.3. The van der Waals surface area contributed by atoms with Gasteiger partial charge in [-0.2, -0.15) is 0 Å². The van der Waals surface area contributed by atoms with Crippen LogP contribution in [0.5, 0.6) is 0 Å². The van der Waals surface area contributed by atoms with Gasteiger partial charge in [-0.15, -0.1) is 0 Å². The quantitative estimate of drug-likeness (QED) is 0.367. The number of carbonyl (C=O) groups excluding carboxylic acids is 1. The predicted octanol–water partition coefficient (Wildman–Crippen LogP) is 0.0167. The van der Waals surface area contributed by atoms with Gasteiger partial charge in [0.2, 0.25) is 11.8 Å². The Hall–Kier alpha value is -2.29. The number of nitrogens with two attached hydrogens (primary N) is 1. The lowest BCUT2D eigenvalue weighted by Gasteiger charge is -2.21. The average molecular weight is 360 g/mol. The molecule has 0 saturated carbocycles. The molecule has 0 aliphatic carbocycles. The summed E-state index contributed by atoms with van der Waals surface area (Å²) in [6, 6.07) is 14.7. The Kier molecular flexibility index (Phi) is 6.47. The number of rotatable bonds is 8. The first-order valence-corrected chi connectivity index (χ1v) is 8.28. The fraction of sp³-hybridized carbons (Fsp3) is 0.316. The number of benzene rings is 2. The van der Waals surface area contributed by atoms with Crippen molar-refractivity contribution in [3.05, 3.63) is 71.3 Å². The van der Waals surface area contributed by atoms with E-state index in [2.05, 4.69) is 5.32 Å². The third kappa shape index (κ3) is 5.91. The molecule has 2 rings (SSSR count). The van der Waals surface area contributed by atoms with Crippen molar-refractivity contribution in [1.29, 1.82) is 0 Å². The smallest absolute Gasteiger partial charge is 0.248 e. The summed E-state index contributed by atoms with van der Waals surface area (Å²) in [5.41, 5.74) is 6.58. The number of nitrogens with one attached hydrogen (secondary N) is 1. The summed E-state index contributed by atoms with van der Waals surface area (Å²) in [6.45, 7) is 0.374. The summed E-state index contributed by atoms with van der Waals surface area (Å²) in [5, 5.41) is 41.4. The summed E-state index contributed by atoms with van der Waals surface area (Å²) in [7, 11) is 0. The topological polar surface area (TPSA) is 136 Å². The second kappa shape index (κ2) is 8.39. The largest absolute Gasteiger partial charge is 0.362 e. The first-order valence-electron chi connectivity index (χ1n) is 8.28. The minimum Gasteiger partial charge on any atom is -0.362 e. The molecular formula is C19H24N2O5. The Labute approximate surface area is 151 Å². The lowest BCUT2D eigenvalue weighted by Crippen LogP contribution is -2.35. The highest BCUT2D eigenvalue weighted by atomic mass is 16.5. The molecule has 26 heavy (non-hydrogen) atoms. The molecule has 7 N–H and O–H groups in total. The molecule has 0 bridgehead atoms. The number of amides is 1. The Morgan fingerprint density at radius 2 is 1.54 bits per heavy atom. The Morgan fingerprint density at radius 3 is 2.12 bits per heavy atom. The van der Waals surface area contributed by atoms with Crippen LogP contribution in [0.25, 0.3) is 0 Å². The first-order chi connectivity index (χ1) is 12.2. The van der Waals surface area contributed by atoms with E-state index < -0.39 is 11.7 Å². The number of hydrogen-bond donors (Lipinski definition) is 6. The van der Waals surface area contributed by atoms with E-state index in [9.17, 15) is 25.2 Å². The van der Waals surface area contributed by atoms with Crippen LogP contribution in [0.4, 0.5) is 0 Å². The van der Waals surface area contributed by atoms with E-state index in [1.807, 2.05) is 0 Å². The second-order valence-electron chi connectivity index (χ2n) is 6.21. The van der Waals surface area contributed by atoms with E-state index in [1.165, 1.54) is 12.1 Å². The van der Waals surface area contributed by atoms with Crippen LogP contribution >= 0.6 is 0 Å². The molecule has 0 saturated heterocycles. The predicted molar refractivity (Wildman–Crippen MR) is 95.3 cm³/mol. The van der Waals surface area contributed by atoms with Crippen molar-refractivity contribution >= 4 is 5.91 Å². The third-order valence-corrected chi connectivity index (χ3v) is 4.05. The monoisotopic (exact) mass is 360 g/mol. The van der Waals surface area contributed by atoms with Gasteiger partial charge < -0.3 is 25.7 Å². The molecule has 0 aliphatic rings. The van der Waals surface area contributed by atoms with Crippen LogP contribution in [0.1, 0.15) is 29.5 Å². The van der Waals surface area contributed by atoms with Gasteiger partial charge in [-0.1, -0.05) is 54.6 Å². The van der Waals surface area contributed by atoms with Gasteiger partial charge in [-0.25, -0.2) is 0 Å². The molecule has 0 radical (unpaired) electrons. The van der Waals surface area contributed by atoms with E-state index in [-0.39, 0.29) is 24.3 Å². The van der Waals surface area contributed by atoms with E-state index in [0.29, 0.717) is 18.5 Å². The van der Waals surface area contributed by atoms with Crippen LogP contribution in [0.3, 0.4) is 0 Å². The third-order valence-electron chi connectivity index (χ3n) is 4.05. The molecule has 0 heterocycles. The summed E-state index contributed by atoms with van der Waals surface area (Å²) >= 11 is 0. The molecule has 0 fully saturated rings. The fourth-order valence-corrected chi connectivity index (χ4v) is 2.49. The van der Waals surface area contributed by atoms with Gasteiger partial charge >= 0.3 is 0 Å². The lowest BCUT2D eigenvalue weighted by atomic mass is 10.0. The molecule has 0 spiro atoms. The van der Waals surface area contributed by atoms with Gasteiger partial charge in [0.05, 0.1) is 0 Å². The van der Waals surface area contributed by atoms with E-state index in [4.69, 9.17) is 5.73 Å². The highest BCUT2D eigenvalue weighted by Gasteiger charge is 2.26. The molecule has 0 unspecified atom stereocenters. The van der Waals surface area contributed by atoms with Crippen molar-refractivity contribution in [1.82, 2.24) is 5.32 Å². The van der Waals surface area contributed by atoms with Crippen LogP contribution in [-0.2, 0) is 22.9 Å². The van der Waals surface area contributed by atoms with Gasteiger partial charge in [0.25, 0.3) is 0 Å². The van der Waals surface area contributed by atoms with Gasteiger partial charge in [0.15, 0.2) is 5.79 Å². The molecule has 2 aromatic carbocycles. The average Bonchev–Trinajstić information content (AvgIpc) is 2.60. The Balaban J connectivity index is 1.75. The van der Waals surface area contributed by atoms with Crippen molar-refractivity contribution in [3.8, 4) is 0 Å². The summed E-state index contributed by atoms with van der Waals surface area (Å²) in [4.78, 5) is 11.9. The van der Waals surface area contributed by atoms with E-state index >= 15 is 0 Å². The molecule has 0 aliphatic heterocycles. The first kappa shape index (κ1) is 20.0. The van der Waals surface area contributed by atoms with Crippen molar-refractivity contribution in [3.63, 3.8) is 0 Å². The minimum absolute atomic E-state index is 0.0223. The van der Waals surface area contributed by atoms with Crippen molar-refractivity contribution in [2.24, 2.45) is 5.73 Å². The standard InChI is InChI=1S/C19H24N2O5/c20-19(25,26)16-8-6-14(7-9-16)11-13-21-17(22)10-12-18(23,24)15-4-2-1-3-5-15/h1-9,23-26H,10-13,20H2,(H,21,22). The lowest BCUT2D eigenvalue weighted by molar-refractivity contribution is -0.177. The SMILES string of the molecule is NC(O)(O)c1ccc(CCNC(=O)CCC(O)(O)c2ccccc2)cc1. The number of carbonyl (C=O) groups is 1. The minimum atomic E-state index is -2.37. The van der Waals surface area contributed by atoms with E-state index in [0.717, 1.165) is 5.56 Å². The zero-order valence-electron chi connectivity index (χ0n) is 14.3. The van der Waals surface area contributed by atoms with Crippen LogP contribution in [-0.4, -0.2) is 32.9 Å². The van der Waals surface area contributed by atoms with Crippen molar-refractivity contribution in [2.45, 2.75) is 31.0 Å². The Morgan fingerprint density at radius 1 is 0.923 bits per heavy atom. The summed E-state index contributed by atoms with van der Waals surface area (Å²) < 4.78 is 0. The number of hydrogen-bond acceptors (Lipinski definition) is 6. The second-order valence-corrected chi connectivity index (χ2v) is 6.21. The van der Waals surface area contributed by atoms with Crippen LogP contribution in [0.2, 0.25) is 0 Å². The summed E-state index contributed by atoms with van der Waals surface area (Å²) in [5.74, 6) is -4.69. The normalized spacial score (nSPS) is 12.0. The molecule has 7 nitrogen and oxygen atoms in total. The van der Waals surface area contributed by atoms with Crippen molar-refractivity contribution in [2.75, 3.05) is 6.54 Å². The zero-order chi connectivity index (χ0) is 19.2. The van der Waals surface area contributed by atoms with Crippen LogP contribution in [0.15, 0.2) is 54.6 Å². The molecule has 7 heteroatoms. The van der Waals surface area contributed by atoms with E-state index in [1.54, 1.807) is 42.5 Å². The van der Waals surface area contributed by atoms with Gasteiger partial charge in [0.1, 0.15) is 0 Å². The van der Waals surface area contributed by atoms with Crippen LogP contribution in [0, 0.1) is 0 Å². The maximum Gasteiger partial charge on any atom is 0.248 e. The molecular weight excluding hydrogens is 336 g/mol. The van der Waals surface area contributed by atoms with Crippen molar-refractivity contribution < 1.29 is 25.2 Å². The molecule has 0 atom stereocenters. The highest BCUT2D eigenvalue weighted by Crippen LogP contribution is 2.22. The van der Waals surface area contributed by atoms with Crippen LogP contribution < -0.4 is 11.1 Å². The number of aliphatic hydroxyl groups is 4. The molecule has 1 amide bonds. The van der Waals surface area contributed by atoms with Gasteiger partial charge in [-0.05, 0) is 12.0 Å².